The number of amides is 1. The third-order valence-corrected chi connectivity index (χ3v) is 2.60. The van der Waals surface area contributed by atoms with Gasteiger partial charge in [0.2, 0.25) is 11.6 Å². The van der Waals surface area contributed by atoms with Crippen LogP contribution in [0.3, 0.4) is 0 Å². The molecule has 0 aliphatic carbocycles. The third kappa shape index (κ3) is 2.91. The summed E-state index contributed by atoms with van der Waals surface area (Å²) in [5, 5.41) is 13.6. The van der Waals surface area contributed by atoms with Gasteiger partial charge in [0.25, 0.3) is 0 Å². The number of anilines is 3. The predicted octanol–water partition coefficient (Wildman–Crippen LogP) is 1.38. The third-order valence-electron chi connectivity index (χ3n) is 2.60. The van der Waals surface area contributed by atoms with Gasteiger partial charge in [-0.2, -0.15) is 9.80 Å². The summed E-state index contributed by atoms with van der Waals surface area (Å²) in [4.78, 5) is 10.9. The summed E-state index contributed by atoms with van der Waals surface area (Å²) in [5.41, 5.74) is 13.3. The van der Waals surface area contributed by atoms with Crippen molar-refractivity contribution in [2.45, 2.75) is 6.92 Å². The Kier molecular flexibility index (Phi) is 3.65. The minimum absolute atomic E-state index is 0.125. The summed E-state index contributed by atoms with van der Waals surface area (Å²) < 4.78 is 1.56. The number of aromatic amines is 1. The summed E-state index contributed by atoms with van der Waals surface area (Å²) in [6.07, 6.45) is 0. The lowest BCUT2D eigenvalue weighted by Gasteiger charge is -2.00. The fourth-order valence-electron chi connectivity index (χ4n) is 1.62. The molecule has 104 valence electrons. The lowest BCUT2D eigenvalue weighted by molar-refractivity contribution is -0.712. The molecule has 1 aromatic heterocycles. The molecular weight excluding hydrogens is 258 g/mol. The van der Waals surface area contributed by atoms with Crippen molar-refractivity contribution < 1.29 is 9.48 Å². The summed E-state index contributed by atoms with van der Waals surface area (Å²) in [6.45, 7) is 1.45. The Morgan fingerprint density at radius 2 is 1.90 bits per heavy atom. The van der Waals surface area contributed by atoms with E-state index in [0.29, 0.717) is 28.7 Å². The number of aryl methyl sites for hydroxylation is 1. The van der Waals surface area contributed by atoms with Gasteiger partial charge in [0.1, 0.15) is 7.05 Å². The van der Waals surface area contributed by atoms with Crippen LogP contribution in [0.25, 0.3) is 0 Å². The van der Waals surface area contributed by atoms with Gasteiger partial charge < -0.3 is 11.1 Å². The van der Waals surface area contributed by atoms with Crippen molar-refractivity contribution in [1.29, 1.82) is 0 Å². The van der Waals surface area contributed by atoms with E-state index in [1.807, 2.05) is 0 Å². The van der Waals surface area contributed by atoms with Crippen LogP contribution in [0.15, 0.2) is 34.5 Å². The Hall–Kier alpha value is -2.90. The number of aromatic nitrogens is 2. The maximum absolute atomic E-state index is 10.9. The van der Waals surface area contributed by atoms with Gasteiger partial charge in [0.05, 0.1) is 5.69 Å². The number of rotatable bonds is 3. The van der Waals surface area contributed by atoms with Crippen LogP contribution in [0, 0.1) is 0 Å². The summed E-state index contributed by atoms with van der Waals surface area (Å²) in [5.74, 6) is 0.629. The van der Waals surface area contributed by atoms with E-state index in [0.717, 1.165) is 0 Å². The standard InChI is InChI=1S/C12H15N7O/c1-7(20)15-8-3-5-9(6-4-8)16-17-10-11(13)18-19(2)12(10)14/h3-6H,1-2H3,(H5,13,14,15,16,17,18,20)/p+1. The fraction of sp³-hybridized carbons (Fsp3) is 0.167. The van der Waals surface area contributed by atoms with Crippen LogP contribution in [0.5, 0.6) is 0 Å². The van der Waals surface area contributed by atoms with Crippen LogP contribution in [0.2, 0.25) is 0 Å². The average molecular weight is 274 g/mol. The van der Waals surface area contributed by atoms with E-state index in [1.54, 1.807) is 36.0 Å². The van der Waals surface area contributed by atoms with E-state index < -0.39 is 0 Å². The molecule has 0 radical (unpaired) electrons. The number of hydrogen-bond acceptors (Lipinski definition) is 5. The molecule has 0 aliphatic rings. The highest BCUT2D eigenvalue weighted by Gasteiger charge is 2.15. The molecule has 0 fully saturated rings. The average Bonchev–Trinajstić information content (AvgIpc) is 2.62. The van der Waals surface area contributed by atoms with Crippen molar-refractivity contribution in [3.63, 3.8) is 0 Å². The van der Waals surface area contributed by atoms with Crippen LogP contribution < -0.4 is 21.5 Å². The largest absolute Gasteiger partial charge is 0.381 e. The first kappa shape index (κ1) is 13.5. The zero-order chi connectivity index (χ0) is 14.7. The minimum Gasteiger partial charge on any atom is -0.381 e. The molecule has 0 bridgehead atoms. The van der Waals surface area contributed by atoms with Crippen molar-refractivity contribution in [3.05, 3.63) is 24.3 Å². The first-order valence-corrected chi connectivity index (χ1v) is 5.89. The van der Waals surface area contributed by atoms with E-state index in [1.165, 1.54) is 6.92 Å². The molecule has 0 aliphatic heterocycles. The van der Waals surface area contributed by atoms with Crippen molar-refractivity contribution >= 4 is 34.6 Å². The van der Waals surface area contributed by atoms with Gasteiger partial charge in [-0.15, -0.1) is 5.11 Å². The Morgan fingerprint density at radius 1 is 1.25 bits per heavy atom. The first-order valence-electron chi connectivity index (χ1n) is 5.89. The number of nitrogens with zero attached hydrogens (tertiary/aromatic N) is 3. The van der Waals surface area contributed by atoms with E-state index in [2.05, 4.69) is 20.6 Å². The highest BCUT2D eigenvalue weighted by atomic mass is 16.1. The maximum Gasteiger partial charge on any atom is 0.323 e. The predicted molar refractivity (Wildman–Crippen MR) is 75.7 cm³/mol. The van der Waals surface area contributed by atoms with E-state index in [4.69, 9.17) is 11.5 Å². The lowest BCUT2D eigenvalue weighted by atomic mass is 10.3. The number of nitrogens with one attached hydrogen (secondary N) is 2. The number of H-pyrrole nitrogens is 1. The highest BCUT2D eigenvalue weighted by Crippen LogP contribution is 2.27. The molecule has 8 nitrogen and oxygen atoms in total. The van der Waals surface area contributed by atoms with Crippen LogP contribution in [-0.2, 0) is 11.8 Å². The molecule has 1 amide bonds. The second-order valence-corrected chi connectivity index (χ2v) is 4.25. The van der Waals surface area contributed by atoms with Gasteiger partial charge in [-0.3, -0.25) is 10.5 Å². The van der Waals surface area contributed by atoms with Gasteiger partial charge in [-0.05, 0) is 24.3 Å². The number of hydrogen-bond donors (Lipinski definition) is 4. The molecule has 1 heterocycles. The molecule has 0 atom stereocenters. The van der Waals surface area contributed by atoms with E-state index in [-0.39, 0.29) is 5.91 Å². The van der Waals surface area contributed by atoms with E-state index in [9.17, 15) is 4.79 Å². The van der Waals surface area contributed by atoms with Crippen LogP contribution in [0.4, 0.5) is 28.7 Å². The SMILES string of the molecule is CC(=O)Nc1ccc(N=Nc2c(N)[nH][n+](C)c2N)cc1. The molecule has 0 saturated heterocycles. The number of nitrogens with two attached hydrogens (primary N) is 2. The zero-order valence-corrected chi connectivity index (χ0v) is 11.2. The zero-order valence-electron chi connectivity index (χ0n) is 11.2. The number of carbonyl (C=O) groups is 1. The van der Waals surface area contributed by atoms with Gasteiger partial charge in [0.15, 0.2) is 5.82 Å². The van der Waals surface area contributed by atoms with Crippen LogP contribution in [-0.4, -0.2) is 11.0 Å². The normalized spacial score (nSPS) is 10.9. The molecular formula is C12H16N7O+. The monoisotopic (exact) mass is 274 g/mol. The van der Waals surface area contributed by atoms with Crippen molar-refractivity contribution in [2.24, 2.45) is 17.3 Å². The van der Waals surface area contributed by atoms with Crippen LogP contribution >= 0.6 is 0 Å². The van der Waals surface area contributed by atoms with Gasteiger partial charge in [0, 0.05) is 12.6 Å². The smallest absolute Gasteiger partial charge is 0.323 e. The Bertz CT molecular complexity index is 657. The molecule has 2 rings (SSSR count). The minimum atomic E-state index is -0.125. The second-order valence-electron chi connectivity index (χ2n) is 4.25. The van der Waals surface area contributed by atoms with Gasteiger partial charge in [-0.1, -0.05) is 0 Å². The summed E-state index contributed by atoms with van der Waals surface area (Å²) >= 11 is 0. The summed E-state index contributed by atoms with van der Waals surface area (Å²) in [7, 11) is 1.73. The number of carbonyl (C=O) groups excluding carboxylic acids is 1. The van der Waals surface area contributed by atoms with Gasteiger partial charge in [-0.25, -0.2) is 5.10 Å². The van der Waals surface area contributed by atoms with Crippen molar-refractivity contribution in [1.82, 2.24) is 5.10 Å². The molecule has 0 unspecified atom stereocenters. The molecule has 0 spiro atoms. The van der Waals surface area contributed by atoms with Gasteiger partial charge >= 0.3 is 5.82 Å². The molecule has 2 aromatic rings. The first-order chi connectivity index (χ1) is 9.47. The molecule has 20 heavy (non-hydrogen) atoms. The molecule has 6 N–H and O–H groups in total. The topological polar surface area (TPSA) is 126 Å². The molecule has 1 aromatic carbocycles. The lowest BCUT2D eigenvalue weighted by Crippen LogP contribution is -2.32. The Morgan fingerprint density at radius 3 is 2.40 bits per heavy atom. The number of nitrogen functional groups attached to an aromatic ring is 2. The number of azo groups is 1. The molecule has 0 saturated carbocycles. The fourth-order valence-corrected chi connectivity index (χ4v) is 1.62. The Balaban J connectivity index is 2.17. The van der Waals surface area contributed by atoms with Crippen molar-refractivity contribution in [3.8, 4) is 0 Å². The van der Waals surface area contributed by atoms with Crippen LogP contribution in [0.1, 0.15) is 6.92 Å². The highest BCUT2D eigenvalue weighted by molar-refractivity contribution is 5.88. The maximum atomic E-state index is 10.9. The Labute approximate surface area is 115 Å². The molecule has 8 heteroatoms. The van der Waals surface area contributed by atoms with E-state index >= 15 is 0 Å². The summed E-state index contributed by atoms with van der Waals surface area (Å²) in [6, 6.07) is 6.93. The van der Waals surface area contributed by atoms with Crippen molar-refractivity contribution in [2.75, 3.05) is 16.8 Å². The second kappa shape index (κ2) is 5.39. The number of benzene rings is 1. The quantitative estimate of drug-likeness (QED) is 0.499.